The van der Waals surface area contributed by atoms with Crippen molar-refractivity contribution in [2.24, 2.45) is 4.99 Å². The van der Waals surface area contributed by atoms with Gasteiger partial charge in [0.2, 0.25) is 0 Å². The van der Waals surface area contributed by atoms with Crippen LogP contribution in [0, 0.1) is 0 Å². The number of para-hydroxylation sites is 1. The van der Waals surface area contributed by atoms with Crippen molar-refractivity contribution in [1.29, 1.82) is 0 Å². The molecule has 1 aliphatic heterocycles. The van der Waals surface area contributed by atoms with Crippen molar-refractivity contribution < 1.29 is 13.2 Å². The van der Waals surface area contributed by atoms with E-state index in [1.54, 1.807) is 42.5 Å². The normalized spacial score (nSPS) is 21.6. The van der Waals surface area contributed by atoms with Gasteiger partial charge in [0, 0.05) is 5.71 Å². The topological polar surface area (TPSA) is 12.4 Å². The van der Waals surface area contributed by atoms with Crippen LogP contribution in [0.3, 0.4) is 0 Å². The molecule has 0 saturated heterocycles. The van der Waals surface area contributed by atoms with E-state index in [1.165, 1.54) is 19.1 Å². The molecule has 1 aliphatic rings. The summed E-state index contributed by atoms with van der Waals surface area (Å²) in [4.78, 5) is 4.24. The number of nitrogens with zero attached hydrogens (tertiary/aromatic N) is 1. The minimum Gasteiger partial charge on any atom is -0.257 e. The van der Waals surface area contributed by atoms with Crippen LogP contribution < -0.4 is 0 Å². The van der Waals surface area contributed by atoms with Crippen molar-refractivity contribution in [2.45, 2.75) is 24.9 Å². The largest absolute Gasteiger partial charge is 0.403 e. The zero-order valence-electron chi connectivity index (χ0n) is 11.5. The molecule has 0 aliphatic carbocycles. The van der Waals surface area contributed by atoms with Crippen molar-refractivity contribution in [1.82, 2.24) is 0 Å². The number of fused-ring (bicyclic) bond motifs is 1. The van der Waals surface area contributed by atoms with Crippen molar-refractivity contribution in [3.8, 4) is 0 Å². The lowest BCUT2D eigenvalue weighted by molar-refractivity contribution is -0.169. The Kier molecular flexibility index (Phi) is 3.12. The summed E-state index contributed by atoms with van der Waals surface area (Å²) >= 11 is 0. The number of rotatable bonds is 1. The molecule has 2 aromatic rings. The number of aliphatic imine (C=N–C) groups is 1. The van der Waals surface area contributed by atoms with Gasteiger partial charge in [0.25, 0.3) is 0 Å². The highest BCUT2D eigenvalue weighted by Crippen LogP contribution is 2.48. The second-order valence-electron chi connectivity index (χ2n) is 5.27. The third-order valence-electron chi connectivity index (χ3n) is 4.10. The number of hydrogen-bond acceptors (Lipinski definition) is 1. The average molecular weight is 289 g/mol. The maximum absolute atomic E-state index is 13.9. The van der Waals surface area contributed by atoms with E-state index in [2.05, 4.69) is 4.99 Å². The van der Waals surface area contributed by atoms with Crippen LogP contribution in [-0.2, 0) is 11.8 Å². The lowest BCUT2D eigenvalue weighted by Crippen LogP contribution is -2.51. The van der Waals surface area contributed by atoms with E-state index < -0.39 is 11.6 Å². The Morgan fingerprint density at radius 2 is 1.57 bits per heavy atom. The first-order chi connectivity index (χ1) is 9.95. The Balaban J connectivity index is 2.25. The number of halogens is 3. The number of benzene rings is 2. The van der Waals surface area contributed by atoms with Gasteiger partial charge in [-0.1, -0.05) is 48.5 Å². The van der Waals surface area contributed by atoms with E-state index in [9.17, 15) is 13.2 Å². The number of hydrogen-bond donors (Lipinski definition) is 0. The summed E-state index contributed by atoms with van der Waals surface area (Å²) in [5, 5.41) is 0. The molecule has 0 amide bonds. The van der Waals surface area contributed by atoms with Gasteiger partial charge in [-0.25, -0.2) is 0 Å². The van der Waals surface area contributed by atoms with E-state index in [0.717, 1.165) is 0 Å². The predicted molar refractivity (Wildman–Crippen MR) is 77.1 cm³/mol. The Morgan fingerprint density at radius 1 is 0.952 bits per heavy atom. The predicted octanol–water partition coefficient (Wildman–Crippen LogP) is 4.84. The molecule has 4 heteroatoms. The van der Waals surface area contributed by atoms with Gasteiger partial charge in [-0.2, -0.15) is 13.2 Å². The highest BCUT2D eigenvalue weighted by molar-refractivity contribution is 5.98. The SMILES string of the molecule is CC1=Nc2ccccc2C[C@]1(c1ccccc1)C(F)(F)F. The summed E-state index contributed by atoms with van der Waals surface area (Å²) < 4.78 is 41.8. The molecule has 0 unspecified atom stereocenters. The maximum Gasteiger partial charge on any atom is 0.403 e. The highest BCUT2D eigenvalue weighted by atomic mass is 19.4. The Morgan fingerprint density at radius 3 is 2.24 bits per heavy atom. The minimum atomic E-state index is -4.39. The summed E-state index contributed by atoms with van der Waals surface area (Å²) in [7, 11) is 0. The molecule has 0 spiro atoms. The van der Waals surface area contributed by atoms with Gasteiger partial charge in [0.05, 0.1) is 5.69 Å². The fourth-order valence-corrected chi connectivity index (χ4v) is 2.96. The molecule has 0 aromatic heterocycles. The molecule has 1 heterocycles. The monoisotopic (exact) mass is 289 g/mol. The molecule has 3 rings (SSSR count). The van der Waals surface area contributed by atoms with Gasteiger partial charge in [-0.05, 0) is 30.5 Å². The van der Waals surface area contributed by atoms with Crippen LogP contribution in [0.1, 0.15) is 18.1 Å². The van der Waals surface area contributed by atoms with Crippen molar-refractivity contribution in [3.05, 3.63) is 65.7 Å². The Hall–Kier alpha value is -2.10. The lowest BCUT2D eigenvalue weighted by Gasteiger charge is -2.39. The average Bonchev–Trinajstić information content (AvgIpc) is 2.46. The second-order valence-corrected chi connectivity index (χ2v) is 5.27. The first kappa shape index (κ1) is 13.9. The Bertz CT molecular complexity index is 689. The second kappa shape index (κ2) is 4.72. The summed E-state index contributed by atoms with van der Waals surface area (Å²) in [6, 6.07) is 15.1. The van der Waals surface area contributed by atoms with Crippen LogP contribution in [0.4, 0.5) is 18.9 Å². The van der Waals surface area contributed by atoms with Crippen LogP contribution in [0.25, 0.3) is 0 Å². The summed E-state index contributed by atoms with van der Waals surface area (Å²) in [6.45, 7) is 1.47. The number of alkyl halides is 3. The fourth-order valence-electron chi connectivity index (χ4n) is 2.96. The third-order valence-corrected chi connectivity index (χ3v) is 4.10. The quantitative estimate of drug-likeness (QED) is 0.712. The first-order valence-electron chi connectivity index (χ1n) is 6.71. The van der Waals surface area contributed by atoms with Crippen LogP contribution in [-0.4, -0.2) is 11.9 Å². The van der Waals surface area contributed by atoms with Crippen molar-refractivity contribution >= 4 is 11.4 Å². The molecular formula is C17H14F3N. The van der Waals surface area contributed by atoms with Crippen molar-refractivity contribution in [3.63, 3.8) is 0 Å². The summed E-state index contributed by atoms with van der Waals surface area (Å²) in [6.07, 6.45) is -4.50. The van der Waals surface area contributed by atoms with Gasteiger partial charge in [0.15, 0.2) is 0 Å². The molecule has 1 atom stereocenters. The molecule has 21 heavy (non-hydrogen) atoms. The highest BCUT2D eigenvalue weighted by Gasteiger charge is 2.59. The van der Waals surface area contributed by atoms with Crippen molar-refractivity contribution in [2.75, 3.05) is 0 Å². The van der Waals surface area contributed by atoms with Crippen LogP contribution in [0.2, 0.25) is 0 Å². The molecule has 0 fully saturated rings. The van der Waals surface area contributed by atoms with Gasteiger partial charge in [-0.15, -0.1) is 0 Å². The molecular weight excluding hydrogens is 275 g/mol. The molecule has 0 radical (unpaired) electrons. The van der Waals surface area contributed by atoms with Crippen LogP contribution >= 0.6 is 0 Å². The van der Waals surface area contributed by atoms with Crippen LogP contribution in [0.15, 0.2) is 59.6 Å². The van der Waals surface area contributed by atoms with E-state index >= 15 is 0 Å². The van der Waals surface area contributed by atoms with Gasteiger partial charge in [0.1, 0.15) is 5.41 Å². The van der Waals surface area contributed by atoms with E-state index in [1.807, 2.05) is 0 Å². The molecule has 108 valence electrons. The van der Waals surface area contributed by atoms with Gasteiger partial charge >= 0.3 is 6.18 Å². The fraction of sp³-hybridized carbons (Fsp3) is 0.235. The molecule has 1 nitrogen and oxygen atoms in total. The van der Waals surface area contributed by atoms with E-state index in [-0.39, 0.29) is 17.7 Å². The minimum absolute atomic E-state index is 0.0971. The first-order valence-corrected chi connectivity index (χ1v) is 6.71. The Labute approximate surface area is 121 Å². The van der Waals surface area contributed by atoms with Gasteiger partial charge in [-0.3, -0.25) is 4.99 Å². The zero-order valence-corrected chi connectivity index (χ0v) is 11.5. The zero-order chi connectivity index (χ0) is 15.1. The maximum atomic E-state index is 13.9. The summed E-state index contributed by atoms with van der Waals surface area (Å²) in [5.74, 6) is 0. The smallest absolute Gasteiger partial charge is 0.257 e. The lowest BCUT2D eigenvalue weighted by atomic mass is 9.70. The van der Waals surface area contributed by atoms with E-state index in [4.69, 9.17) is 0 Å². The molecule has 0 bridgehead atoms. The van der Waals surface area contributed by atoms with Gasteiger partial charge < -0.3 is 0 Å². The molecule has 0 saturated carbocycles. The van der Waals surface area contributed by atoms with Crippen LogP contribution in [0.5, 0.6) is 0 Å². The van der Waals surface area contributed by atoms with E-state index in [0.29, 0.717) is 11.3 Å². The standard InChI is InChI=1S/C17H14F3N/c1-12-16(17(18,19)20,14-8-3-2-4-9-14)11-13-7-5-6-10-15(13)21-12/h2-10H,11H2,1H3/t16-/m0/s1. The molecule has 0 N–H and O–H groups in total. The summed E-state index contributed by atoms with van der Waals surface area (Å²) in [5.41, 5.74) is -0.439. The third kappa shape index (κ3) is 2.06. The molecule has 2 aromatic carbocycles.